The lowest BCUT2D eigenvalue weighted by Gasteiger charge is -2.24. The Morgan fingerprint density at radius 3 is 2.00 bits per heavy atom. The molecule has 0 aliphatic rings. The molecule has 0 saturated heterocycles. The minimum absolute atomic E-state index is 0.192. The normalized spacial score (nSPS) is 12.5. The number of benzene rings is 3. The van der Waals surface area contributed by atoms with Gasteiger partial charge in [-0.2, -0.15) is 16.5 Å². The number of hydrogen-bond acceptors (Lipinski definition) is 4. The molecule has 174 valence electrons. The monoisotopic (exact) mass is 482 g/mol. The Balaban J connectivity index is 1.88. The molecule has 0 aliphatic heterocycles. The van der Waals surface area contributed by atoms with Crippen molar-refractivity contribution in [1.82, 2.24) is 10.0 Å². The molecule has 0 heterocycles. The van der Waals surface area contributed by atoms with E-state index in [1.807, 2.05) is 79.9 Å². The second-order valence-electron chi connectivity index (χ2n) is 7.99. The Kier molecular flexibility index (Phi) is 8.72. The van der Waals surface area contributed by atoms with Crippen molar-refractivity contribution in [1.29, 1.82) is 0 Å². The molecular weight excluding hydrogens is 452 g/mol. The van der Waals surface area contributed by atoms with Gasteiger partial charge in [-0.05, 0) is 55.0 Å². The molecule has 7 heteroatoms. The molecule has 2 N–H and O–H groups in total. The third-order valence-electron chi connectivity index (χ3n) is 5.40. The molecule has 0 aromatic heterocycles. The van der Waals surface area contributed by atoms with Crippen LogP contribution in [0.3, 0.4) is 0 Å². The van der Waals surface area contributed by atoms with E-state index in [2.05, 4.69) is 10.0 Å². The summed E-state index contributed by atoms with van der Waals surface area (Å²) in [7, 11) is -3.87. The zero-order valence-corrected chi connectivity index (χ0v) is 20.7. The van der Waals surface area contributed by atoms with Crippen LogP contribution in [0.2, 0.25) is 0 Å². The van der Waals surface area contributed by atoms with Crippen LogP contribution >= 0.6 is 11.8 Å². The molecular formula is C26H30N2O3S2. The van der Waals surface area contributed by atoms with Gasteiger partial charge in [0.25, 0.3) is 0 Å². The molecule has 3 aromatic rings. The van der Waals surface area contributed by atoms with Gasteiger partial charge in [0.2, 0.25) is 15.9 Å². The fraction of sp³-hybridized carbons (Fsp3) is 0.269. The number of carbonyl (C=O) groups is 1. The zero-order valence-electron chi connectivity index (χ0n) is 19.1. The van der Waals surface area contributed by atoms with Gasteiger partial charge in [0.1, 0.15) is 6.04 Å². The topological polar surface area (TPSA) is 75.3 Å². The third kappa shape index (κ3) is 6.69. The highest BCUT2D eigenvalue weighted by molar-refractivity contribution is 7.98. The van der Waals surface area contributed by atoms with Crippen molar-refractivity contribution in [2.45, 2.75) is 37.2 Å². The van der Waals surface area contributed by atoms with Crippen LogP contribution in [0.5, 0.6) is 0 Å². The summed E-state index contributed by atoms with van der Waals surface area (Å²) in [6.07, 6.45) is 2.32. The van der Waals surface area contributed by atoms with Gasteiger partial charge in [0, 0.05) is 0 Å². The van der Waals surface area contributed by atoms with E-state index in [-0.39, 0.29) is 16.8 Å². The van der Waals surface area contributed by atoms with Gasteiger partial charge in [-0.15, -0.1) is 0 Å². The maximum Gasteiger partial charge on any atom is 0.241 e. The molecule has 0 radical (unpaired) electrons. The van der Waals surface area contributed by atoms with Crippen LogP contribution in [0.15, 0.2) is 83.8 Å². The molecule has 33 heavy (non-hydrogen) atoms. The van der Waals surface area contributed by atoms with E-state index in [1.54, 1.807) is 30.8 Å². The standard InChI is InChI=1S/C26H30N2O3S2/c1-19-14-15-24(20(2)18-19)33(30,31)28-23(16-17-32-3)26(29)27-25(21-10-6-4-7-11-21)22-12-8-5-9-13-22/h4-15,18,23,25,28H,16-17H2,1-3H3,(H,27,29)/t23-/m1/s1. The predicted molar refractivity (Wildman–Crippen MR) is 136 cm³/mol. The molecule has 0 bridgehead atoms. The first kappa shape index (κ1) is 25.0. The summed E-state index contributed by atoms with van der Waals surface area (Å²) >= 11 is 1.57. The average Bonchev–Trinajstić information content (AvgIpc) is 2.81. The number of carbonyl (C=O) groups excluding carboxylic acids is 1. The molecule has 0 saturated carbocycles. The Bertz CT molecular complexity index is 1130. The predicted octanol–water partition coefficient (Wildman–Crippen LogP) is 4.61. The van der Waals surface area contributed by atoms with Crippen molar-refractivity contribution in [2.75, 3.05) is 12.0 Å². The van der Waals surface area contributed by atoms with Gasteiger partial charge in [-0.25, -0.2) is 8.42 Å². The van der Waals surface area contributed by atoms with Crippen molar-refractivity contribution in [3.8, 4) is 0 Å². The molecule has 3 rings (SSSR count). The number of amides is 1. The van der Waals surface area contributed by atoms with Gasteiger partial charge in [0.15, 0.2) is 0 Å². The first-order valence-electron chi connectivity index (χ1n) is 10.8. The first-order chi connectivity index (χ1) is 15.8. The first-order valence-corrected chi connectivity index (χ1v) is 13.7. The quantitative estimate of drug-likeness (QED) is 0.443. The Morgan fingerprint density at radius 1 is 0.909 bits per heavy atom. The van der Waals surface area contributed by atoms with E-state index in [4.69, 9.17) is 0 Å². The largest absolute Gasteiger partial charge is 0.344 e. The van der Waals surface area contributed by atoms with E-state index in [9.17, 15) is 13.2 Å². The lowest BCUT2D eigenvalue weighted by atomic mass is 9.98. The van der Waals surface area contributed by atoms with Crippen LogP contribution in [-0.2, 0) is 14.8 Å². The Hall–Kier alpha value is -2.61. The number of sulfonamides is 1. The van der Waals surface area contributed by atoms with Crippen molar-refractivity contribution >= 4 is 27.7 Å². The zero-order chi connectivity index (χ0) is 23.8. The lowest BCUT2D eigenvalue weighted by Crippen LogP contribution is -2.48. The minimum Gasteiger partial charge on any atom is -0.344 e. The maximum absolute atomic E-state index is 13.4. The molecule has 0 unspecified atom stereocenters. The highest BCUT2D eigenvalue weighted by Gasteiger charge is 2.28. The van der Waals surface area contributed by atoms with Gasteiger partial charge in [0.05, 0.1) is 10.9 Å². The number of hydrogen-bond donors (Lipinski definition) is 2. The van der Waals surface area contributed by atoms with Crippen molar-refractivity contribution in [3.05, 3.63) is 101 Å². The molecule has 0 fully saturated rings. The summed E-state index contributed by atoms with van der Waals surface area (Å²) in [5, 5.41) is 3.08. The average molecular weight is 483 g/mol. The fourth-order valence-corrected chi connectivity index (χ4v) is 5.65. The number of thioether (sulfide) groups is 1. The van der Waals surface area contributed by atoms with Crippen LogP contribution in [0.1, 0.15) is 34.7 Å². The van der Waals surface area contributed by atoms with Crippen LogP contribution in [0.4, 0.5) is 0 Å². The van der Waals surface area contributed by atoms with E-state index in [0.29, 0.717) is 17.7 Å². The van der Waals surface area contributed by atoms with Crippen LogP contribution < -0.4 is 10.0 Å². The highest BCUT2D eigenvalue weighted by atomic mass is 32.2. The maximum atomic E-state index is 13.4. The Labute approximate surface area is 201 Å². The summed E-state index contributed by atoms with van der Waals surface area (Å²) in [6.45, 7) is 3.68. The molecule has 0 aliphatic carbocycles. The molecule has 1 amide bonds. The van der Waals surface area contributed by atoms with Gasteiger partial charge in [-0.1, -0.05) is 78.4 Å². The van der Waals surface area contributed by atoms with E-state index >= 15 is 0 Å². The van der Waals surface area contributed by atoms with E-state index in [1.165, 1.54) is 0 Å². The molecule has 3 aromatic carbocycles. The summed E-state index contributed by atoms with van der Waals surface area (Å²) in [5.41, 5.74) is 3.49. The van der Waals surface area contributed by atoms with Crippen LogP contribution in [0, 0.1) is 13.8 Å². The lowest BCUT2D eigenvalue weighted by molar-refractivity contribution is -0.123. The van der Waals surface area contributed by atoms with Crippen molar-refractivity contribution in [3.63, 3.8) is 0 Å². The van der Waals surface area contributed by atoms with Gasteiger partial charge >= 0.3 is 0 Å². The van der Waals surface area contributed by atoms with Crippen LogP contribution in [0.25, 0.3) is 0 Å². The summed E-state index contributed by atoms with van der Waals surface area (Å²) in [6, 6.07) is 23.2. The SMILES string of the molecule is CSCC[C@@H](NS(=O)(=O)c1ccc(C)cc1C)C(=O)NC(c1ccccc1)c1ccccc1. The molecule has 0 spiro atoms. The number of aryl methyl sites for hydroxylation is 2. The number of nitrogens with one attached hydrogen (secondary N) is 2. The van der Waals surface area contributed by atoms with Gasteiger partial charge in [-0.3, -0.25) is 4.79 Å². The second-order valence-corrected chi connectivity index (χ2v) is 10.7. The summed E-state index contributed by atoms with van der Waals surface area (Å²) in [4.78, 5) is 13.6. The van der Waals surface area contributed by atoms with Crippen molar-refractivity contribution in [2.24, 2.45) is 0 Å². The second kappa shape index (κ2) is 11.5. The highest BCUT2D eigenvalue weighted by Crippen LogP contribution is 2.23. The van der Waals surface area contributed by atoms with Crippen LogP contribution in [-0.4, -0.2) is 32.4 Å². The van der Waals surface area contributed by atoms with E-state index in [0.717, 1.165) is 16.7 Å². The third-order valence-corrected chi connectivity index (χ3v) is 7.67. The summed E-state index contributed by atoms with van der Waals surface area (Å²) < 4.78 is 29.0. The van der Waals surface area contributed by atoms with E-state index < -0.39 is 16.1 Å². The van der Waals surface area contributed by atoms with Gasteiger partial charge < -0.3 is 5.32 Å². The van der Waals surface area contributed by atoms with Crippen molar-refractivity contribution < 1.29 is 13.2 Å². The summed E-state index contributed by atoms with van der Waals surface area (Å²) in [5.74, 6) is 0.296. The minimum atomic E-state index is -3.87. The molecule has 5 nitrogen and oxygen atoms in total. The number of rotatable bonds is 10. The molecule has 1 atom stereocenters. The Morgan fingerprint density at radius 2 is 1.48 bits per heavy atom. The fourth-order valence-electron chi connectivity index (χ4n) is 3.72. The smallest absolute Gasteiger partial charge is 0.241 e.